The van der Waals surface area contributed by atoms with Gasteiger partial charge in [-0.2, -0.15) is 0 Å². The smallest absolute Gasteiger partial charge is 0.160 e. The molecule has 0 aromatic rings. The van der Waals surface area contributed by atoms with Crippen LogP contribution < -0.4 is 0 Å². The summed E-state index contributed by atoms with van der Waals surface area (Å²) in [4.78, 5) is 0. The van der Waals surface area contributed by atoms with Crippen molar-refractivity contribution in [2.45, 2.75) is 39.9 Å². The van der Waals surface area contributed by atoms with Gasteiger partial charge in [-0.15, -0.1) is 0 Å². The lowest BCUT2D eigenvalue weighted by Gasteiger charge is -2.40. The minimum absolute atomic E-state index is 0.109. The van der Waals surface area contributed by atoms with Crippen molar-refractivity contribution in [2.75, 3.05) is 13.2 Å². The molecule has 76 valence electrons. The fraction of sp³-hybridized carbons (Fsp3) is 1.00. The Morgan fingerprint density at radius 2 is 1.62 bits per heavy atom. The number of ether oxygens (including phenoxy) is 2. The van der Waals surface area contributed by atoms with Crippen LogP contribution in [0.2, 0.25) is 0 Å². The molecule has 0 bridgehead atoms. The Morgan fingerprint density at radius 3 is 2.23 bits per heavy atom. The van der Waals surface area contributed by atoms with Crippen LogP contribution in [0.4, 0.5) is 0 Å². The molecule has 0 aromatic carbocycles. The van der Waals surface area contributed by atoms with Crippen LogP contribution in [0.1, 0.15) is 33.6 Å². The van der Waals surface area contributed by atoms with Crippen LogP contribution in [0.5, 0.6) is 0 Å². The van der Waals surface area contributed by atoms with E-state index in [1.54, 1.807) is 0 Å². The SMILES string of the molecule is CC(C)(C)C1CCOC2OCCC21. The summed E-state index contributed by atoms with van der Waals surface area (Å²) >= 11 is 0. The van der Waals surface area contributed by atoms with E-state index >= 15 is 0 Å². The highest BCUT2D eigenvalue weighted by atomic mass is 16.7. The molecule has 0 saturated carbocycles. The number of hydrogen-bond acceptors (Lipinski definition) is 2. The van der Waals surface area contributed by atoms with E-state index in [1.165, 1.54) is 12.8 Å². The lowest BCUT2D eigenvalue weighted by atomic mass is 9.70. The quantitative estimate of drug-likeness (QED) is 0.575. The molecule has 0 amide bonds. The van der Waals surface area contributed by atoms with E-state index in [-0.39, 0.29) is 6.29 Å². The van der Waals surface area contributed by atoms with Crippen LogP contribution in [0, 0.1) is 17.3 Å². The third-order valence-corrected chi connectivity index (χ3v) is 3.42. The summed E-state index contributed by atoms with van der Waals surface area (Å²) in [5.41, 5.74) is 0.403. The van der Waals surface area contributed by atoms with Gasteiger partial charge in [0.15, 0.2) is 6.29 Å². The van der Waals surface area contributed by atoms with Crippen LogP contribution in [-0.4, -0.2) is 19.5 Å². The van der Waals surface area contributed by atoms with Crippen LogP contribution in [0.15, 0.2) is 0 Å². The second-order valence-electron chi connectivity index (χ2n) is 5.32. The third kappa shape index (κ3) is 1.75. The Morgan fingerprint density at radius 1 is 1.00 bits per heavy atom. The van der Waals surface area contributed by atoms with Crippen molar-refractivity contribution in [3.8, 4) is 0 Å². The minimum Gasteiger partial charge on any atom is -0.352 e. The summed E-state index contributed by atoms with van der Waals surface area (Å²) in [6, 6.07) is 0. The van der Waals surface area contributed by atoms with Gasteiger partial charge in [0, 0.05) is 5.92 Å². The van der Waals surface area contributed by atoms with E-state index in [0.717, 1.165) is 19.1 Å². The van der Waals surface area contributed by atoms with Crippen LogP contribution >= 0.6 is 0 Å². The molecule has 2 aliphatic rings. The summed E-state index contributed by atoms with van der Waals surface area (Å²) in [6.45, 7) is 8.76. The van der Waals surface area contributed by atoms with Crippen molar-refractivity contribution in [1.82, 2.24) is 0 Å². The van der Waals surface area contributed by atoms with Gasteiger partial charge in [-0.1, -0.05) is 20.8 Å². The molecule has 2 rings (SSSR count). The van der Waals surface area contributed by atoms with E-state index in [9.17, 15) is 0 Å². The van der Waals surface area contributed by atoms with E-state index in [2.05, 4.69) is 20.8 Å². The molecule has 0 aliphatic carbocycles. The summed E-state index contributed by atoms with van der Waals surface area (Å²) in [6.07, 6.45) is 2.50. The molecule has 2 fully saturated rings. The van der Waals surface area contributed by atoms with Crippen molar-refractivity contribution in [2.24, 2.45) is 17.3 Å². The van der Waals surface area contributed by atoms with Gasteiger partial charge >= 0.3 is 0 Å². The van der Waals surface area contributed by atoms with Crippen LogP contribution in [0.3, 0.4) is 0 Å². The number of hydrogen-bond donors (Lipinski definition) is 0. The number of fused-ring (bicyclic) bond motifs is 1. The lowest BCUT2D eigenvalue weighted by molar-refractivity contribution is -0.178. The Labute approximate surface area is 80.6 Å². The molecule has 0 spiro atoms. The largest absolute Gasteiger partial charge is 0.352 e. The highest BCUT2D eigenvalue weighted by Gasteiger charge is 2.43. The van der Waals surface area contributed by atoms with Crippen molar-refractivity contribution in [3.05, 3.63) is 0 Å². The van der Waals surface area contributed by atoms with Gasteiger partial charge in [0.2, 0.25) is 0 Å². The first-order valence-corrected chi connectivity index (χ1v) is 5.32. The summed E-state index contributed by atoms with van der Waals surface area (Å²) in [7, 11) is 0. The van der Waals surface area contributed by atoms with Crippen molar-refractivity contribution in [1.29, 1.82) is 0 Å². The first-order valence-electron chi connectivity index (χ1n) is 5.32. The van der Waals surface area contributed by atoms with E-state index < -0.39 is 0 Å². The molecule has 13 heavy (non-hydrogen) atoms. The fourth-order valence-corrected chi connectivity index (χ4v) is 2.74. The van der Waals surface area contributed by atoms with Gasteiger partial charge in [0.25, 0.3) is 0 Å². The summed E-state index contributed by atoms with van der Waals surface area (Å²) in [5, 5.41) is 0. The third-order valence-electron chi connectivity index (χ3n) is 3.42. The molecule has 2 heterocycles. The molecular formula is C11H20O2. The molecule has 2 aliphatic heterocycles. The first kappa shape index (κ1) is 9.47. The summed E-state index contributed by atoms with van der Waals surface area (Å²) in [5.74, 6) is 1.42. The molecule has 2 nitrogen and oxygen atoms in total. The zero-order chi connectivity index (χ0) is 9.47. The van der Waals surface area contributed by atoms with Gasteiger partial charge in [-0.3, -0.25) is 0 Å². The molecule has 0 N–H and O–H groups in total. The zero-order valence-corrected chi connectivity index (χ0v) is 8.88. The molecule has 3 atom stereocenters. The molecule has 2 heteroatoms. The highest BCUT2D eigenvalue weighted by molar-refractivity contribution is 4.87. The number of rotatable bonds is 0. The normalized spacial score (nSPS) is 40.4. The van der Waals surface area contributed by atoms with Crippen molar-refractivity contribution < 1.29 is 9.47 Å². The molecule has 3 unspecified atom stereocenters. The monoisotopic (exact) mass is 184 g/mol. The fourth-order valence-electron chi connectivity index (χ4n) is 2.74. The minimum atomic E-state index is 0.109. The van der Waals surface area contributed by atoms with E-state index in [0.29, 0.717) is 11.3 Å². The second kappa shape index (κ2) is 3.25. The van der Waals surface area contributed by atoms with Gasteiger partial charge in [-0.05, 0) is 24.2 Å². The Hall–Kier alpha value is -0.0800. The molecule has 0 aromatic heterocycles. The van der Waals surface area contributed by atoms with Crippen molar-refractivity contribution in [3.63, 3.8) is 0 Å². The highest BCUT2D eigenvalue weighted by Crippen LogP contribution is 2.44. The van der Waals surface area contributed by atoms with E-state index in [4.69, 9.17) is 9.47 Å². The van der Waals surface area contributed by atoms with E-state index in [1.807, 2.05) is 0 Å². The predicted octanol–water partition coefficient (Wildman–Crippen LogP) is 2.43. The standard InChI is InChI=1S/C11H20O2/c1-11(2,3)9-5-7-13-10-8(9)4-6-12-10/h8-10H,4-7H2,1-3H3. The summed E-state index contributed by atoms with van der Waals surface area (Å²) < 4.78 is 11.2. The Bertz CT molecular complexity index is 183. The maximum Gasteiger partial charge on any atom is 0.160 e. The maximum atomic E-state index is 5.61. The topological polar surface area (TPSA) is 18.5 Å². The van der Waals surface area contributed by atoms with Crippen molar-refractivity contribution >= 4 is 0 Å². The van der Waals surface area contributed by atoms with Gasteiger partial charge < -0.3 is 9.47 Å². The van der Waals surface area contributed by atoms with Crippen LogP contribution in [0.25, 0.3) is 0 Å². The lowest BCUT2D eigenvalue weighted by Crippen LogP contribution is -2.39. The second-order valence-corrected chi connectivity index (χ2v) is 5.32. The van der Waals surface area contributed by atoms with Gasteiger partial charge in [-0.25, -0.2) is 0 Å². The van der Waals surface area contributed by atoms with Gasteiger partial charge in [0.1, 0.15) is 0 Å². The van der Waals surface area contributed by atoms with Crippen LogP contribution in [-0.2, 0) is 9.47 Å². The predicted molar refractivity (Wildman–Crippen MR) is 51.4 cm³/mol. The maximum absolute atomic E-state index is 5.61. The zero-order valence-electron chi connectivity index (χ0n) is 8.88. The first-order chi connectivity index (χ1) is 6.09. The average Bonchev–Trinajstić information content (AvgIpc) is 2.48. The molecule has 2 saturated heterocycles. The van der Waals surface area contributed by atoms with Gasteiger partial charge in [0.05, 0.1) is 13.2 Å². The Kier molecular flexibility index (Phi) is 2.37. The Balaban J connectivity index is 2.10. The average molecular weight is 184 g/mol. The molecular weight excluding hydrogens is 164 g/mol. The molecule has 0 radical (unpaired) electrons.